The molecule has 3 heterocycles. The SMILES string of the molecule is [2H]c1c(-c2cccc3c2oc2ccccc23)c([2H])c2c(oc3c([2H])c(-c4cccc(-c5nc(-c6ccccc6)nc(-c6ccccc6)n5)c4)c([2H])c([2H])c32)c1[2H]. The van der Waals surface area contributed by atoms with Crippen molar-refractivity contribution in [2.45, 2.75) is 0 Å². The van der Waals surface area contributed by atoms with Crippen molar-refractivity contribution in [2.75, 3.05) is 0 Å². The van der Waals surface area contributed by atoms with Crippen LogP contribution in [0.4, 0.5) is 0 Å². The molecule has 0 radical (unpaired) electrons. The summed E-state index contributed by atoms with van der Waals surface area (Å²) in [7, 11) is 0. The third kappa shape index (κ3) is 4.75. The zero-order valence-electron chi connectivity index (χ0n) is 32.3. The topological polar surface area (TPSA) is 65.0 Å². The molecule has 0 unspecified atom stereocenters. The minimum Gasteiger partial charge on any atom is -0.456 e. The molecule has 0 bridgehead atoms. The van der Waals surface area contributed by atoms with Gasteiger partial charge in [-0.15, -0.1) is 0 Å². The van der Waals surface area contributed by atoms with Gasteiger partial charge in [0.2, 0.25) is 0 Å². The number of hydrogen-bond acceptors (Lipinski definition) is 5. The number of benzene rings is 7. The molecule has 0 fully saturated rings. The average molecular weight is 648 g/mol. The fraction of sp³-hybridized carbons (Fsp3) is 0. The number of fused-ring (bicyclic) bond motifs is 6. The van der Waals surface area contributed by atoms with Crippen molar-refractivity contribution in [3.63, 3.8) is 0 Å². The van der Waals surface area contributed by atoms with E-state index < -0.39 is 0 Å². The van der Waals surface area contributed by atoms with E-state index in [0.29, 0.717) is 45.3 Å². The molecule has 3 aromatic heterocycles. The number of furan rings is 2. The van der Waals surface area contributed by atoms with Crippen LogP contribution in [0.3, 0.4) is 0 Å². The lowest BCUT2D eigenvalue weighted by atomic mass is 9.99. The lowest BCUT2D eigenvalue weighted by molar-refractivity contribution is 0.668. The van der Waals surface area contributed by atoms with Crippen LogP contribution in [0.5, 0.6) is 0 Å². The van der Waals surface area contributed by atoms with Crippen molar-refractivity contribution in [1.29, 1.82) is 0 Å². The second-order valence-corrected chi connectivity index (χ2v) is 11.9. The molecule has 0 aliphatic carbocycles. The minimum atomic E-state index is -0.289. The van der Waals surface area contributed by atoms with Gasteiger partial charge in [-0.25, -0.2) is 15.0 Å². The minimum absolute atomic E-state index is 0.0419. The van der Waals surface area contributed by atoms with Crippen LogP contribution >= 0.6 is 0 Å². The second kappa shape index (κ2) is 11.4. The summed E-state index contributed by atoms with van der Waals surface area (Å²) in [5.41, 5.74) is 4.45. The van der Waals surface area contributed by atoms with Gasteiger partial charge in [0.05, 0.1) is 8.22 Å². The highest BCUT2D eigenvalue weighted by atomic mass is 16.3. The van der Waals surface area contributed by atoms with Crippen LogP contribution in [0.25, 0.3) is 100 Å². The molecule has 5 nitrogen and oxygen atoms in total. The molecular formula is C45H27N3O2. The molecule has 0 saturated carbocycles. The summed E-state index contributed by atoms with van der Waals surface area (Å²) >= 11 is 0. The summed E-state index contributed by atoms with van der Waals surface area (Å²) in [6.07, 6.45) is 0. The van der Waals surface area contributed by atoms with Crippen LogP contribution in [0.1, 0.15) is 8.22 Å². The van der Waals surface area contributed by atoms with Crippen LogP contribution in [0.2, 0.25) is 0 Å². The standard InChI is InChI=1S/C45H27N3O2/c1-3-11-28(12-4-1)43-46-44(29-13-5-2-6-14-29)48-45(47-43)33-16-9-15-30(25-33)31-21-23-36-38-26-32(22-24-40(38)49-41(36)27-31)34-18-10-19-37-35-17-7-8-20-39(35)50-42(34)37/h1-27H/i21D,22D,23D,24D,26D,27D. The number of hydrogen-bond donors (Lipinski definition) is 0. The Kier molecular flexibility index (Phi) is 5.17. The summed E-state index contributed by atoms with van der Waals surface area (Å²) in [4.78, 5) is 14.4. The quantitative estimate of drug-likeness (QED) is 0.186. The Morgan fingerprint density at radius 3 is 1.78 bits per heavy atom. The normalized spacial score (nSPS) is 13.3. The van der Waals surface area contributed by atoms with Crippen LogP contribution in [-0.4, -0.2) is 15.0 Å². The Labute approximate surface area is 295 Å². The van der Waals surface area contributed by atoms with Crippen LogP contribution in [-0.2, 0) is 0 Å². The first-order valence-corrected chi connectivity index (χ1v) is 16.1. The molecule has 0 saturated heterocycles. The van der Waals surface area contributed by atoms with Crippen LogP contribution in [0.15, 0.2) is 172 Å². The van der Waals surface area contributed by atoms with Gasteiger partial charge < -0.3 is 8.83 Å². The Morgan fingerprint density at radius 1 is 0.380 bits per heavy atom. The first-order chi connectivity index (χ1) is 27.3. The van der Waals surface area contributed by atoms with E-state index in [-0.39, 0.29) is 69.3 Å². The van der Waals surface area contributed by atoms with Crippen molar-refractivity contribution < 1.29 is 17.1 Å². The van der Waals surface area contributed by atoms with E-state index in [9.17, 15) is 5.48 Å². The van der Waals surface area contributed by atoms with E-state index >= 15 is 0 Å². The van der Waals surface area contributed by atoms with Crippen molar-refractivity contribution in [3.8, 4) is 56.4 Å². The lowest BCUT2D eigenvalue weighted by Crippen LogP contribution is -2.00. The Balaban J connectivity index is 1.16. The molecule has 0 amide bonds. The van der Waals surface area contributed by atoms with Crippen LogP contribution in [0, 0.1) is 0 Å². The van der Waals surface area contributed by atoms with E-state index in [1.165, 1.54) is 0 Å². The van der Waals surface area contributed by atoms with E-state index in [0.717, 1.165) is 21.9 Å². The van der Waals surface area contributed by atoms with Gasteiger partial charge in [0.25, 0.3) is 0 Å². The van der Waals surface area contributed by atoms with Crippen molar-refractivity contribution in [2.24, 2.45) is 0 Å². The maximum absolute atomic E-state index is 9.43. The predicted molar refractivity (Wildman–Crippen MR) is 202 cm³/mol. The number of para-hydroxylation sites is 2. The molecular weight excluding hydrogens is 615 g/mol. The van der Waals surface area contributed by atoms with E-state index in [1.807, 2.05) is 103 Å². The molecule has 0 atom stereocenters. The summed E-state index contributed by atoms with van der Waals surface area (Å²) in [6, 6.07) is 38.1. The third-order valence-electron chi connectivity index (χ3n) is 8.79. The monoisotopic (exact) mass is 647 g/mol. The largest absolute Gasteiger partial charge is 0.456 e. The molecule has 50 heavy (non-hydrogen) atoms. The Morgan fingerprint density at radius 2 is 1.00 bits per heavy atom. The molecule has 7 aromatic carbocycles. The number of nitrogens with zero attached hydrogens (tertiary/aromatic N) is 3. The highest BCUT2D eigenvalue weighted by Crippen LogP contribution is 2.39. The molecule has 0 N–H and O–H groups in total. The third-order valence-corrected chi connectivity index (χ3v) is 8.79. The average Bonchev–Trinajstić information content (AvgIpc) is 3.84. The molecule has 10 aromatic rings. The summed E-state index contributed by atoms with van der Waals surface area (Å²) < 4.78 is 67.8. The molecule has 5 heteroatoms. The molecule has 0 aliphatic heterocycles. The summed E-state index contributed by atoms with van der Waals surface area (Å²) in [6.45, 7) is 0. The fourth-order valence-corrected chi connectivity index (χ4v) is 6.37. The highest BCUT2D eigenvalue weighted by molar-refractivity contribution is 6.11. The summed E-state index contributed by atoms with van der Waals surface area (Å²) in [5.74, 6) is 1.36. The van der Waals surface area contributed by atoms with Gasteiger partial charge in [-0.05, 0) is 53.0 Å². The highest BCUT2D eigenvalue weighted by Gasteiger charge is 2.16. The van der Waals surface area contributed by atoms with Gasteiger partial charge in [0.15, 0.2) is 17.5 Å². The Bertz CT molecular complexity index is 3160. The van der Waals surface area contributed by atoms with Crippen molar-refractivity contribution in [3.05, 3.63) is 164 Å². The van der Waals surface area contributed by atoms with Gasteiger partial charge in [-0.2, -0.15) is 0 Å². The van der Waals surface area contributed by atoms with Crippen molar-refractivity contribution in [1.82, 2.24) is 15.0 Å². The zero-order chi connectivity index (χ0) is 38.2. The van der Waals surface area contributed by atoms with E-state index in [2.05, 4.69) is 0 Å². The van der Waals surface area contributed by atoms with Crippen LogP contribution < -0.4 is 0 Å². The fourth-order valence-electron chi connectivity index (χ4n) is 6.37. The molecule has 0 spiro atoms. The predicted octanol–water partition coefficient (Wildman–Crippen LogP) is 12.0. The Hall–Kier alpha value is -6.85. The summed E-state index contributed by atoms with van der Waals surface area (Å²) in [5, 5.41) is 1.86. The van der Waals surface area contributed by atoms with Crippen molar-refractivity contribution >= 4 is 43.9 Å². The zero-order valence-corrected chi connectivity index (χ0v) is 26.3. The maximum atomic E-state index is 9.43. The van der Waals surface area contributed by atoms with E-state index in [4.69, 9.17) is 26.5 Å². The smallest absolute Gasteiger partial charge is 0.164 e. The molecule has 10 rings (SSSR count). The molecule has 0 aliphatic rings. The first-order valence-electron chi connectivity index (χ1n) is 19.1. The van der Waals surface area contributed by atoms with Gasteiger partial charge in [-0.1, -0.05) is 127 Å². The first kappa shape index (κ1) is 22.7. The van der Waals surface area contributed by atoms with E-state index in [1.54, 1.807) is 24.3 Å². The van der Waals surface area contributed by atoms with Gasteiger partial charge in [-0.3, -0.25) is 0 Å². The number of aromatic nitrogens is 3. The van der Waals surface area contributed by atoms with Gasteiger partial charge >= 0.3 is 0 Å². The van der Waals surface area contributed by atoms with Gasteiger partial charge in [0, 0.05) is 43.8 Å². The lowest BCUT2D eigenvalue weighted by Gasteiger charge is -2.09. The maximum Gasteiger partial charge on any atom is 0.164 e. The van der Waals surface area contributed by atoms with Gasteiger partial charge in [0.1, 0.15) is 22.3 Å². The number of rotatable bonds is 5. The molecule has 234 valence electrons. The second-order valence-electron chi connectivity index (χ2n) is 11.9.